The molecule has 1 aromatic rings. The molecule has 0 amide bonds. The lowest BCUT2D eigenvalue weighted by atomic mass is 9.77. The molecule has 14 heavy (non-hydrogen) atoms. The maximum absolute atomic E-state index is 9.22. The molecular weight excluding hydrogens is 178 g/mol. The first kappa shape index (κ1) is 9.55. The third-order valence-corrected chi connectivity index (χ3v) is 2.87. The van der Waals surface area contributed by atoms with Crippen LogP contribution < -0.4 is 5.32 Å². The summed E-state index contributed by atoms with van der Waals surface area (Å²) in [7, 11) is 0. The van der Waals surface area contributed by atoms with Crippen LogP contribution in [-0.4, -0.2) is 27.2 Å². The predicted molar refractivity (Wildman–Crippen MR) is 52.5 cm³/mol. The van der Waals surface area contributed by atoms with Gasteiger partial charge in [0.05, 0.1) is 12.3 Å². The SMILES string of the molecule is OCC1(NCc2cnccn2)CCC1. The average molecular weight is 193 g/mol. The third-order valence-electron chi connectivity index (χ3n) is 2.87. The van der Waals surface area contributed by atoms with Crippen LogP contribution in [0.4, 0.5) is 0 Å². The Morgan fingerprint density at radius 2 is 2.29 bits per heavy atom. The normalized spacial score (nSPS) is 18.9. The van der Waals surface area contributed by atoms with Gasteiger partial charge in [0.15, 0.2) is 0 Å². The number of rotatable bonds is 4. The second-order valence-electron chi connectivity index (χ2n) is 3.84. The lowest BCUT2D eigenvalue weighted by Gasteiger charge is -2.41. The number of hydrogen-bond acceptors (Lipinski definition) is 4. The van der Waals surface area contributed by atoms with Gasteiger partial charge in [0, 0.05) is 30.7 Å². The van der Waals surface area contributed by atoms with Crippen molar-refractivity contribution in [1.29, 1.82) is 0 Å². The number of nitrogens with one attached hydrogen (secondary N) is 1. The summed E-state index contributed by atoms with van der Waals surface area (Å²) in [6, 6.07) is 0. The van der Waals surface area contributed by atoms with Crippen LogP contribution in [0.5, 0.6) is 0 Å². The highest BCUT2D eigenvalue weighted by atomic mass is 16.3. The number of aliphatic hydroxyl groups is 1. The molecule has 76 valence electrons. The Hall–Kier alpha value is -1.00. The van der Waals surface area contributed by atoms with Crippen molar-refractivity contribution in [3.63, 3.8) is 0 Å². The fraction of sp³-hybridized carbons (Fsp3) is 0.600. The van der Waals surface area contributed by atoms with Crippen molar-refractivity contribution < 1.29 is 5.11 Å². The van der Waals surface area contributed by atoms with E-state index < -0.39 is 0 Å². The van der Waals surface area contributed by atoms with E-state index in [9.17, 15) is 5.11 Å². The number of nitrogens with zero attached hydrogens (tertiary/aromatic N) is 2. The fourth-order valence-electron chi connectivity index (χ4n) is 1.69. The minimum atomic E-state index is -0.0441. The highest BCUT2D eigenvalue weighted by molar-refractivity contribution is 5.00. The van der Waals surface area contributed by atoms with E-state index >= 15 is 0 Å². The molecule has 4 heteroatoms. The monoisotopic (exact) mass is 193 g/mol. The molecular formula is C10H15N3O. The predicted octanol–water partition coefficient (Wildman–Crippen LogP) is 0.481. The van der Waals surface area contributed by atoms with E-state index in [1.165, 1.54) is 6.42 Å². The molecule has 0 radical (unpaired) electrons. The smallest absolute Gasteiger partial charge is 0.0724 e. The largest absolute Gasteiger partial charge is 0.394 e. The van der Waals surface area contributed by atoms with Gasteiger partial charge in [-0.05, 0) is 19.3 Å². The molecule has 0 spiro atoms. The summed E-state index contributed by atoms with van der Waals surface area (Å²) in [5.74, 6) is 0. The minimum absolute atomic E-state index is 0.0441. The van der Waals surface area contributed by atoms with Crippen molar-refractivity contribution in [3.05, 3.63) is 24.3 Å². The molecule has 1 aliphatic carbocycles. The molecule has 0 aliphatic heterocycles. The molecule has 1 saturated carbocycles. The molecule has 1 fully saturated rings. The summed E-state index contributed by atoms with van der Waals surface area (Å²) in [6.45, 7) is 0.904. The lowest BCUT2D eigenvalue weighted by molar-refractivity contribution is 0.0868. The summed E-state index contributed by atoms with van der Waals surface area (Å²) in [5, 5.41) is 12.6. The van der Waals surface area contributed by atoms with Gasteiger partial charge in [-0.15, -0.1) is 0 Å². The second-order valence-corrected chi connectivity index (χ2v) is 3.84. The van der Waals surface area contributed by atoms with E-state index in [-0.39, 0.29) is 12.1 Å². The Balaban J connectivity index is 1.88. The van der Waals surface area contributed by atoms with Crippen LogP contribution in [0.1, 0.15) is 25.0 Å². The Kier molecular flexibility index (Phi) is 2.74. The first-order chi connectivity index (χ1) is 6.85. The Bertz CT molecular complexity index is 279. The number of aliphatic hydroxyl groups excluding tert-OH is 1. The standard InChI is InChI=1S/C10H15N3O/c14-8-10(2-1-3-10)13-7-9-6-11-4-5-12-9/h4-6,13-14H,1-3,7-8H2. The first-order valence-electron chi connectivity index (χ1n) is 4.95. The summed E-state index contributed by atoms with van der Waals surface area (Å²) in [6.07, 6.45) is 8.41. The van der Waals surface area contributed by atoms with Crippen LogP contribution in [0.25, 0.3) is 0 Å². The Morgan fingerprint density at radius 3 is 2.79 bits per heavy atom. The van der Waals surface area contributed by atoms with Gasteiger partial charge in [0.2, 0.25) is 0 Å². The van der Waals surface area contributed by atoms with Crippen LogP contribution in [0, 0.1) is 0 Å². The van der Waals surface area contributed by atoms with E-state index in [1.54, 1.807) is 18.6 Å². The van der Waals surface area contributed by atoms with E-state index in [4.69, 9.17) is 0 Å². The van der Waals surface area contributed by atoms with Crippen molar-refractivity contribution in [1.82, 2.24) is 15.3 Å². The van der Waals surface area contributed by atoms with Gasteiger partial charge < -0.3 is 10.4 Å². The van der Waals surface area contributed by atoms with Crippen LogP contribution in [0.2, 0.25) is 0 Å². The molecule has 0 saturated heterocycles. The first-order valence-corrected chi connectivity index (χ1v) is 4.95. The van der Waals surface area contributed by atoms with Crippen LogP contribution in [0.3, 0.4) is 0 Å². The zero-order valence-electron chi connectivity index (χ0n) is 8.11. The Labute approximate surface area is 83.4 Å². The van der Waals surface area contributed by atoms with Crippen molar-refractivity contribution in [3.8, 4) is 0 Å². The van der Waals surface area contributed by atoms with Crippen LogP contribution in [-0.2, 0) is 6.54 Å². The van der Waals surface area contributed by atoms with Crippen molar-refractivity contribution in [2.75, 3.05) is 6.61 Å². The molecule has 0 unspecified atom stereocenters. The molecule has 0 bridgehead atoms. The van der Waals surface area contributed by atoms with E-state index in [0.29, 0.717) is 6.54 Å². The summed E-state index contributed by atoms with van der Waals surface area (Å²) in [4.78, 5) is 8.16. The topological polar surface area (TPSA) is 58.0 Å². The summed E-state index contributed by atoms with van der Waals surface area (Å²) >= 11 is 0. The molecule has 0 atom stereocenters. The third kappa shape index (κ3) is 1.91. The quantitative estimate of drug-likeness (QED) is 0.730. The number of hydrogen-bond donors (Lipinski definition) is 2. The Morgan fingerprint density at radius 1 is 1.43 bits per heavy atom. The zero-order valence-corrected chi connectivity index (χ0v) is 8.11. The van der Waals surface area contributed by atoms with Gasteiger partial charge in [-0.25, -0.2) is 0 Å². The molecule has 2 rings (SSSR count). The van der Waals surface area contributed by atoms with Gasteiger partial charge in [-0.1, -0.05) is 0 Å². The maximum Gasteiger partial charge on any atom is 0.0724 e. The molecule has 0 aromatic carbocycles. The van der Waals surface area contributed by atoms with Gasteiger partial charge in [0.1, 0.15) is 0 Å². The van der Waals surface area contributed by atoms with Crippen molar-refractivity contribution >= 4 is 0 Å². The van der Waals surface area contributed by atoms with Gasteiger partial charge in [-0.2, -0.15) is 0 Å². The van der Waals surface area contributed by atoms with Gasteiger partial charge in [0.25, 0.3) is 0 Å². The van der Waals surface area contributed by atoms with Gasteiger partial charge in [-0.3, -0.25) is 9.97 Å². The van der Waals surface area contributed by atoms with Crippen LogP contribution in [0.15, 0.2) is 18.6 Å². The number of aromatic nitrogens is 2. The fourth-order valence-corrected chi connectivity index (χ4v) is 1.69. The minimum Gasteiger partial charge on any atom is -0.394 e. The molecule has 4 nitrogen and oxygen atoms in total. The van der Waals surface area contributed by atoms with Crippen molar-refractivity contribution in [2.45, 2.75) is 31.3 Å². The van der Waals surface area contributed by atoms with E-state index in [1.807, 2.05) is 0 Å². The zero-order chi connectivity index (χ0) is 9.86. The highest BCUT2D eigenvalue weighted by Gasteiger charge is 2.35. The van der Waals surface area contributed by atoms with Crippen LogP contribution >= 0.6 is 0 Å². The molecule has 1 aliphatic rings. The van der Waals surface area contributed by atoms with E-state index in [0.717, 1.165) is 18.5 Å². The van der Waals surface area contributed by atoms with E-state index in [2.05, 4.69) is 15.3 Å². The molecule has 2 N–H and O–H groups in total. The van der Waals surface area contributed by atoms with Crippen molar-refractivity contribution in [2.24, 2.45) is 0 Å². The maximum atomic E-state index is 9.22. The average Bonchev–Trinajstić information content (AvgIpc) is 2.19. The lowest BCUT2D eigenvalue weighted by Crippen LogP contribution is -2.53. The highest BCUT2D eigenvalue weighted by Crippen LogP contribution is 2.31. The molecule has 1 aromatic heterocycles. The van der Waals surface area contributed by atoms with Gasteiger partial charge >= 0.3 is 0 Å². The summed E-state index contributed by atoms with van der Waals surface area (Å²) in [5.41, 5.74) is 0.879. The summed E-state index contributed by atoms with van der Waals surface area (Å²) < 4.78 is 0. The molecule has 1 heterocycles. The second kappa shape index (κ2) is 4.02.